The number of fused-ring (bicyclic) bond motifs is 1. The van der Waals surface area contributed by atoms with Gasteiger partial charge >= 0.3 is 0 Å². The minimum atomic E-state index is -0.120. The molecule has 1 amide bonds. The van der Waals surface area contributed by atoms with Crippen LogP contribution in [0.15, 0.2) is 36.4 Å². The number of aromatic nitrogens is 2. The molecule has 0 fully saturated rings. The number of nitrogens with zero attached hydrogens (tertiary/aromatic N) is 4. The maximum Gasteiger partial charge on any atom is 0.278 e. The first kappa shape index (κ1) is 13.4. The highest BCUT2D eigenvalue weighted by Gasteiger charge is 2.26. The largest absolute Gasteiger partial charge is 0.372 e. The predicted octanol–water partition coefficient (Wildman–Crippen LogP) is 1.61. The smallest absolute Gasteiger partial charge is 0.278 e. The second-order valence-electron chi connectivity index (χ2n) is 4.92. The zero-order valence-corrected chi connectivity index (χ0v) is 12.1. The Balaban J connectivity index is 1.93. The van der Waals surface area contributed by atoms with Crippen LogP contribution < -0.4 is 15.1 Å². The Morgan fingerprint density at radius 2 is 1.86 bits per heavy atom. The molecule has 1 aromatic carbocycles. The Labute approximate surface area is 123 Å². The summed E-state index contributed by atoms with van der Waals surface area (Å²) >= 11 is 0. The monoisotopic (exact) mass is 283 g/mol. The number of nitrogens with one attached hydrogen (secondary N) is 1. The molecule has 2 aromatic rings. The summed E-state index contributed by atoms with van der Waals surface area (Å²) in [6.45, 7) is 1.44. The van der Waals surface area contributed by atoms with Gasteiger partial charge in [0.15, 0.2) is 5.69 Å². The highest BCUT2D eigenvalue weighted by Crippen LogP contribution is 2.32. The van der Waals surface area contributed by atoms with E-state index in [1.54, 1.807) is 24.1 Å². The van der Waals surface area contributed by atoms with E-state index in [-0.39, 0.29) is 5.91 Å². The first-order valence-electron chi connectivity index (χ1n) is 6.84. The van der Waals surface area contributed by atoms with Crippen molar-refractivity contribution >= 4 is 23.1 Å². The van der Waals surface area contributed by atoms with Crippen molar-refractivity contribution in [2.24, 2.45) is 0 Å². The summed E-state index contributed by atoms with van der Waals surface area (Å²) < 4.78 is 0. The molecular formula is C15H17N5O. The number of carbonyl (C=O) groups is 1. The Morgan fingerprint density at radius 1 is 1.10 bits per heavy atom. The molecular weight excluding hydrogens is 266 g/mol. The van der Waals surface area contributed by atoms with Crippen LogP contribution in [0.2, 0.25) is 0 Å². The highest BCUT2D eigenvalue weighted by atomic mass is 16.2. The predicted molar refractivity (Wildman–Crippen MR) is 83.0 cm³/mol. The minimum absolute atomic E-state index is 0.120. The Kier molecular flexibility index (Phi) is 3.43. The Bertz CT molecular complexity index is 655. The fourth-order valence-corrected chi connectivity index (χ4v) is 2.43. The van der Waals surface area contributed by atoms with E-state index in [4.69, 9.17) is 0 Å². The number of benzene rings is 1. The van der Waals surface area contributed by atoms with Crippen LogP contribution in [0.4, 0.5) is 17.2 Å². The van der Waals surface area contributed by atoms with Gasteiger partial charge in [0, 0.05) is 27.2 Å². The number of rotatable bonds is 2. The number of carbonyl (C=O) groups excluding carboxylic acids is 1. The van der Waals surface area contributed by atoms with Crippen molar-refractivity contribution in [2.45, 2.75) is 0 Å². The lowest BCUT2D eigenvalue weighted by Gasteiger charge is -2.35. The molecule has 1 N–H and O–H groups in total. The lowest BCUT2D eigenvalue weighted by atomic mass is 10.1. The number of amides is 1. The number of hydrogen-bond donors (Lipinski definition) is 1. The van der Waals surface area contributed by atoms with E-state index in [2.05, 4.69) is 20.4 Å². The van der Waals surface area contributed by atoms with Crippen molar-refractivity contribution in [2.75, 3.05) is 42.3 Å². The fraction of sp³-hybridized carbons (Fsp3) is 0.267. The zero-order chi connectivity index (χ0) is 14.8. The summed E-state index contributed by atoms with van der Waals surface area (Å²) in [5, 5.41) is 10.9. The van der Waals surface area contributed by atoms with Gasteiger partial charge in [-0.15, -0.1) is 10.2 Å². The van der Waals surface area contributed by atoms with E-state index in [1.165, 1.54) is 0 Å². The average molecular weight is 283 g/mol. The maximum absolute atomic E-state index is 12.7. The van der Waals surface area contributed by atoms with Crippen molar-refractivity contribution in [1.29, 1.82) is 0 Å². The standard InChI is InChI=1S/C15H17N5O/c1-16-14-8-7-11(17-18-14)15(21)20-10-9-19(2)12-5-3-4-6-13(12)20/h3-8H,9-10H2,1-2H3,(H,16,18). The molecule has 1 aliphatic heterocycles. The molecule has 0 aliphatic carbocycles. The van der Waals surface area contributed by atoms with E-state index < -0.39 is 0 Å². The van der Waals surface area contributed by atoms with Gasteiger partial charge in [-0.05, 0) is 24.3 Å². The first-order valence-corrected chi connectivity index (χ1v) is 6.84. The third-order valence-electron chi connectivity index (χ3n) is 3.63. The molecule has 0 atom stereocenters. The Morgan fingerprint density at radius 3 is 2.52 bits per heavy atom. The van der Waals surface area contributed by atoms with Gasteiger partial charge in [-0.25, -0.2) is 0 Å². The van der Waals surface area contributed by atoms with Crippen molar-refractivity contribution < 1.29 is 4.79 Å². The summed E-state index contributed by atoms with van der Waals surface area (Å²) in [6.07, 6.45) is 0. The van der Waals surface area contributed by atoms with Crippen molar-refractivity contribution in [1.82, 2.24) is 10.2 Å². The number of anilines is 3. The minimum Gasteiger partial charge on any atom is -0.372 e. The van der Waals surface area contributed by atoms with E-state index in [0.717, 1.165) is 17.9 Å². The van der Waals surface area contributed by atoms with E-state index >= 15 is 0 Å². The second kappa shape index (κ2) is 5.40. The molecule has 0 saturated carbocycles. The molecule has 1 aromatic heterocycles. The number of likely N-dealkylation sites (N-methyl/N-ethyl adjacent to an activating group) is 1. The number of para-hydroxylation sites is 2. The molecule has 0 radical (unpaired) electrons. The van der Waals surface area contributed by atoms with Crippen LogP contribution in [-0.2, 0) is 0 Å². The van der Waals surface area contributed by atoms with E-state index in [1.807, 2.05) is 31.3 Å². The summed E-state index contributed by atoms with van der Waals surface area (Å²) in [6, 6.07) is 11.3. The van der Waals surface area contributed by atoms with Crippen molar-refractivity contribution in [3.63, 3.8) is 0 Å². The van der Waals surface area contributed by atoms with Gasteiger partial charge in [-0.3, -0.25) is 4.79 Å². The molecule has 0 saturated heterocycles. The molecule has 1 aliphatic rings. The van der Waals surface area contributed by atoms with E-state index in [0.29, 0.717) is 18.1 Å². The van der Waals surface area contributed by atoms with Crippen LogP contribution in [-0.4, -0.2) is 43.3 Å². The first-order chi connectivity index (χ1) is 10.2. The second-order valence-corrected chi connectivity index (χ2v) is 4.92. The third kappa shape index (κ3) is 2.40. The van der Waals surface area contributed by atoms with Gasteiger partial charge in [0.05, 0.1) is 11.4 Å². The van der Waals surface area contributed by atoms with Crippen LogP contribution in [0.1, 0.15) is 10.5 Å². The molecule has 0 unspecified atom stereocenters. The summed E-state index contributed by atoms with van der Waals surface area (Å²) in [4.78, 5) is 16.6. The molecule has 0 spiro atoms. The van der Waals surface area contributed by atoms with E-state index in [9.17, 15) is 4.79 Å². The van der Waals surface area contributed by atoms with Gasteiger partial charge in [-0.2, -0.15) is 0 Å². The van der Waals surface area contributed by atoms with Gasteiger partial charge in [0.25, 0.3) is 5.91 Å². The molecule has 3 rings (SSSR count). The topological polar surface area (TPSA) is 61.4 Å². The van der Waals surface area contributed by atoms with Gasteiger partial charge in [0.1, 0.15) is 5.82 Å². The number of hydrogen-bond acceptors (Lipinski definition) is 5. The van der Waals surface area contributed by atoms with Crippen LogP contribution in [0.25, 0.3) is 0 Å². The van der Waals surface area contributed by atoms with Crippen molar-refractivity contribution in [3.8, 4) is 0 Å². The van der Waals surface area contributed by atoms with Crippen LogP contribution in [0, 0.1) is 0 Å². The van der Waals surface area contributed by atoms with Crippen molar-refractivity contribution in [3.05, 3.63) is 42.1 Å². The van der Waals surface area contributed by atoms with Gasteiger partial charge in [-0.1, -0.05) is 12.1 Å². The molecule has 0 bridgehead atoms. The SMILES string of the molecule is CNc1ccc(C(=O)N2CCN(C)c3ccccc32)nn1. The molecule has 6 nitrogen and oxygen atoms in total. The maximum atomic E-state index is 12.7. The normalized spacial score (nSPS) is 13.8. The highest BCUT2D eigenvalue weighted by molar-refractivity contribution is 6.07. The van der Waals surface area contributed by atoms with Crippen LogP contribution in [0.5, 0.6) is 0 Å². The fourth-order valence-electron chi connectivity index (χ4n) is 2.43. The lowest BCUT2D eigenvalue weighted by Crippen LogP contribution is -2.43. The zero-order valence-electron chi connectivity index (χ0n) is 12.1. The molecule has 108 valence electrons. The third-order valence-corrected chi connectivity index (χ3v) is 3.63. The van der Waals surface area contributed by atoms with Gasteiger partial charge in [0.2, 0.25) is 0 Å². The summed E-state index contributed by atoms with van der Waals surface area (Å²) in [5.41, 5.74) is 2.32. The lowest BCUT2D eigenvalue weighted by molar-refractivity contribution is 0.0981. The average Bonchev–Trinajstić information content (AvgIpc) is 2.55. The van der Waals surface area contributed by atoms with Crippen LogP contribution in [0.3, 0.4) is 0 Å². The van der Waals surface area contributed by atoms with Gasteiger partial charge < -0.3 is 15.1 Å². The summed E-state index contributed by atoms with van der Waals surface area (Å²) in [7, 11) is 3.80. The molecule has 2 heterocycles. The van der Waals surface area contributed by atoms with Crippen LogP contribution >= 0.6 is 0 Å². The molecule has 21 heavy (non-hydrogen) atoms. The summed E-state index contributed by atoms with van der Waals surface area (Å²) in [5.74, 6) is 0.524. The molecule has 6 heteroatoms. The quantitative estimate of drug-likeness (QED) is 0.907. The Hall–Kier alpha value is -2.63.